The fourth-order valence-corrected chi connectivity index (χ4v) is 2.60. The lowest BCUT2D eigenvalue weighted by Gasteiger charge is -2.04. The highest BCUT2D eigenvalue weighted by molar-refractivity contribution is 5.99. The Labute approximate surface area is 151 Å². The van der Waals surface area contributed by atoms with E-state index in [0.717, 1.165) is 11.3 Å². The first-order valence-electron chi connectivity index (χ1n) is 8.35. The minimum atomic E-state index is -0.874. The van der Waals surface area contributed by atoms with Crippen molar-refractivity contribution in [2.45, 2.75) is 12.8 Å². The summed E-state index contributed by atoms with van der Waals surface area (Å²) in [7, 11) is 0. The van der Waals surface area contributed by atoms with Gasteiger partial charge in [-0.2, -0.15) is 5.10 Å². The Morgan fingerprint density at radius 2 is 1.65 bits per heavy atom. The Morgan fingerprint density at radius 3 is 2.31 bits per heavy atom. The predicted octanol–water partition coefficient (Wildman–Crippen LogP) is 3.13. The number of hydrogen-bond acceptors (Lipinski definition) is 3. The third-order valence-corrected chi connectivity index (χ3v) is 3.88. The Balaban J connectivity index is 1.88. The van der Waals surface area contributed by atoms with Gasteiger partial charge in [-0.3, -0.25) is 9.59 Å². The molecule has 0 aliphatic carbocycles. The fourth-order valence-electron chi connectivity index (χ4n) is 2.60. The molecule has 1 heterocycles. The molecule has 0 unspecified atom stereocenters. The number of amides is 1. The average molecular weight is 349 g/mol. The Bertz CT molecular complexity index is 889. The average Bonchev–Trinajstić information content (AvgIpc) is 3.12. The summed E-state index contributed by atoms with van der Waals surface area (Å²) >= 11 is 0. The van der Waals surface area contributed by atoms with Gasteiger partial charge in [-0.15, -0.1) is 0 Å². The summed E-state index contributed by atoms with van der Waals surface area (Å²) in [5, 5.41) is 16.1. The lowest BCUT2D eigenvalue weighted by atomic mass is 10.1. The maximum atomic E-state index is 12.6. The van der Waals surface area contributed by atoms with Gasteiger partial charge in [-0.05, 0) is 18.6 Å². The van der Waals surface area contributed by atoms with E-state index in [9.17, 15) is 9.59 Å². The van der Waals surface area contributed by atoms with Crippen LogP contribution in [-0.2, 0) is 4.79 Å². The van der Waals surface area contributed by atoms with Gasteiger partial charge in [0.15, 0.2) is 0 Å². The van der Waals surface area contributed by atoms with E-state index in [1.54, 1.807) is 10.9 Å². The molecule has 6 heteroatoms. The van der Waals surface area contributed by atoms with Crippen molar-refractivity contribution in [3.05, 3.63) is 72.4 Å². The molecule has 0 saturated carbocycles. The number of nitrogens with one attached hydrogen (secondary N) is 1. The van der Waals surface area contributed by atoms with Crippen LogP contribution in [0.1, 0.15) is 23.2 Å². The van der Waals surface area contributed by atoms with E-state index in [1.165, 1.54) is 0 Å². The van der Waals surface area contributed by atoms with E-state index < -0.39 is 5.97 Å². The van der Waals surface area contributed by atoms with Crippen molar-refractivity contribution in [1.82, 2.24) is 15.1 Å². The van der Waals surface area contributed by atoms with E-state index in [4.69, 9.17) is 5.11 Å². The van der Waals surface area contributed by atoms with Gasteiger partial charge in [0, 0.05) is 24.7 Å². The summed E-state index contributed by atoms with van der Waals surface area (Å²) in [6, 6.07) is 19.1. The maximum absolute atomic E-state index is 12.6. The first-order valence-corrected chi connectivity index (χ1v) is 8.35. The summed E-state index contributed by atoms with van der Waals surface area (Å²) in [5.41, 5.74) is 2.74. The molecule has 26 heavy (non-hydrogen) atoms. The van der Waals surface area contributed by atoms with Crippen molar-refractivity contribution in [3.63, 3.8) is 0 Å². The van der Waals surface area contributed by atoms with Crippen molar-refractivity contribution in [3.8, 4) is 16.9 Å². The third kappa shape index (κ3) is 4.16. The summed E-state index contributed by atoms with van der Waals surface area (Å²) in [4.78, 5) is 23.2. The Morgan fingerprint density at radius 1 is 1.00 bits per heavy atom. The van der Waals surface area contributed by atoms with E-state index in [0.29, 0.717) is 24.2 Å². The van der Waals surface area contributed by atoms with Crippen molar-refractivity contribution >= 4 is 11.9 Å². The van der Waals surface area contributed by atoms with Crippen LogP contribution in [-0.4, -0.2) is 33.3 Å². The van der Waals surface area contributed by atoms with Crippen LogP contribution in [0.2, 0.25) is 0 Å². The lowest BCUT2D eigenvalue weighted by Crippen LogP contribution is -2.25. The molecule has 0 fully saturated rings. The third-order valence-electron chi connectivity index (χ3n) is 3.88. The minimum absolute atomic E-state index is 0.0229. The number of nitrogens with zero attached hydrogens (tertiary/aromatic N) is 2. The largest absolute Gasteiger partial charge is 0.481 e. The fraction of sp³-hybridized carbons (Fsp3) is 0.150. The highest BCUT2D eigenvalue weighted by atomic mass is 16.4. The van der Waals surface area contributed by atoms with Crippen LogP contribution in [0, 0.1) is 0 Å². The van der Waals surface area contributed by atoms with Crippen LogP contribution >= 0.6 is 0 Å². The number of carbonyl (C=O) groups is 2. The number of carbonyl (C=O) groups excluding carboxylic acids is 1. The number of carboxylic acid groups (broad SMARTS) is 1. The van der Waals surface area contributed by atoms with Crippen molar-refractivity contribution in [2.24, 2.45) is 0 Å². The molecule has 0 spiro atoms. The van der Waals surface area contributed by atoms with Gasteiger partial charge in [-0.1, -0.05) is 48.5 Å². The first-order chi connectivity index (χ1) is 12.6. The van der Waals surface area contributed by atoms with Gasteiger partial charge in [0.25, 0.3) is 5.91 Å². The molecule has 0 bridgehead atoms. The number of benzene rings is 2. The highest BCUT2D eigenvalue weighted by Crippen LogP contribution is 2.23. The maximum Gasteiger partial charge on any atom is 0.303 e. The molecule has 0 aliphatic rings. The smallest absolute Gasteiger partial charge is 0.303 e. The second-order valence-corrected chi connectivity index (χ2v) is 5.79. The second-order valence-electron chi connectivity index (χ2n) is 5.79. The first kappa shape index (κ1) is 17.4. The molecule has 3 aromatic rings. The van der Waals surface area contributed by atoms with Gasteiger partial charge in [0.05, 0.1) is 11.3 Å². The van der Waals surface area contributed by atoms with Crippen LogP contribution in [0.15, 0.2) is 66.9 Å². The molecule has 2 N–H and O–H groups in total. The van der Waals surface area contributed by atoms with E-state index >= 15 is 0 Å². The molecule has 1 aromatic heterocycles. The van der Waals surface area contributed by atoms with Gasteiger partial charge < -0.3 is 10.4 Å². The van der Waals surface area contributed by atoms with E-state index in [-0.39, 0.29) is 12.3 Å². The van der Waals surface area contributed by atoms with Gasteiger partial charge in [0.2, 0.25) is 0 Å². The zero-order valence-corrected chi connectivity index (χ0v) is 14.1. The highest BCUT2D eigenvalue weighted by Gasteiger charge is 2.18. The summed E-state index contributed by atoms with van der Waals surface area (Å²) in [6.07, 6.45) is 2.11. The summed E-state index contributed by atoms with van der Waals surface area (Å²) < 4.78 is 1.68. The molecular formula is C20H19N3O3. The molecule has 0 saturated heterocycles. The number of carboxylic acids is 1. The zero-order valence-electron chi connectivity index (χ0n) is 14.1. The van der Waals surface area contributed by atoms with Crippen molar-refractivity contribution < 1.29 is 14.7 Å². The van der Waals surface area contributed by atoms with Crippen molar-refractivity contribution in [2.75, 3.05) is 6.54 Å². The van der Waals surface area contributed by atoms with E-state index in [2.05, 4.69) is 10.4 Å². The molecule has 6 nitrogen and oxygen atoms in total. The molecule has 2 aromatic carbocycles. The number of hydrogen-bond donors (Lipinski definition) is 2. The normalized spacial score (nSPS) is 10.5. The summed E-state index contributed by atoms with van der Waals surface area (Å²) in [5.74, 6) is -1.14. The second kappa shape index (κ2) is 8.11. The van der Waals surface area contributed by atoms with Gasteiger partial charge >= 0.3 is 5.97 Å². The monoisotopic (exact) mass is 349 g/mol. The van der Waals surface area contributed by atoms with Crippen LogP contribution < -0.4 is 5.32 Å². The van der Waals surface area contributed by atoms with Gasteiger partial charge in [-0.25, -0.2) is 4.68 Å². The van der Waals surface area contributed by atoms with Crippen LogP contribution in [0.5, 0.6) is 0 Å². The quantitative estimate of drug-likeness (QED) is 0.642. The Kier molecular flexibility index (Phi) is 5.43. The van der Waals surface area contributed by atoms with Crippen molar-refractivity contribution in [1.29, 1.82) is 0 Å². The van der Waals surface area contributed by atoms with Crippen LogP contribution in [0.4, 0.5) is 0 Å². The number of aliphatic carboxylic acids is 1. The molecule has 3 rings (SSSR count). The van der Waals surface area contributed by atoms with E-state index in [1.807, 2.05) is 60.7 Å². The predicted molar refractivity (Wildman–Crippen MR) is 98.2 cm³/mol. The Hall–Kier alpha value is -3.41. The molecule has 0 radical (unpaired) electrons. The summed E-state index contributed by atoms with van der Waals surface area (Å²) in [6.45, 7) is 0.301. The number of rotatable bonds is 7. The van der Waals surface area contributed by atoms with Crippen LogP contribution in [0.3, 0.4) is 0 Å². The number of aromatic nitrogens is 2. The minimum Gasteiger partial charge on any atom is -0.481 e. The standard InChI is InChI=1S/C20H19N3O3/c24-18(25)12-7-13-21-20(26)17-14-23(16-10-5-2-6-11-16)22-19(17)15-8-3-1-4-9-15/h1-6,8-11,14H,7,12-13H2,(H,21,26)(H,24,25). The lowest BCUT2D eigenvalue weighted by molar-refractivity contribution is -0.137. The molecule has 132 valence electrons. The van der Waals surface area contributed by atoms with Gasteiger partial charge in [0.1, 0.15) is 5.69 Å². The number of para-hydroxylation sites is 1. The molecule has 0 atom stereocenters. The molecule has 0 aliphatic heterocycles. The molecular weight excluding hydrogens is 330 g/mol. The van der Waals surface area contributed by atoms with Crippen LogP contribution in [0.25, 0.3) is 16.9 Å². The zero-order chi connectivity index (χ0) is 18.4. The molecule has 1 amide bonds. The topological polar surface area (TPSA) is 84.2 Å². The SMILES string of the molecule is O=C(O)CCCNC(=O)c1cn(-c2ccccc2)nc1-c1ccccc1.